The van der Waals surface area contributed by atoms with Crippen LogP contribution in [-0.4, -0.2) is 49.6 Å². The van der Waals surface area contributed by atoms with Gasteiger partial charge in [0, 0.05) is 48.7 Å². The fourth-order valence-corrected chi connectivity index (χ4v) is 5.61. The van der Waals surface area contributed by atoms with Crippen molar-refractivity contribution in [2.75, 3.05) is 43.4 Å². The molecule has 3 heterocycles. The second-order valence-corrected chi connectivity index (χ2v) is 10.3. The van der Waals surface area contributed by atoms with Crippen LogP contribution in [0.15, 0.2) is 34.6 Å². The molecule has 7 heteroatoms. The number of piperazine rings is 1. The van der Waals surface area contributed by atoms with Crippen molar-refractivity contribution in [3.63, 3.8) is 0 Å². The molecule has 2 fully saturated rings. The van der Waals surface area contributed by atoms with Crippen molar-refractivity contribution in [1.82, 2.24) is 15.5 Å². The van der Waals surface area contributed by atoms with Crippen LogP contribution in [0.5, 0.6) is 0 Å². The van der Waals surface area contributed by atoms with E-state index in [0.29, 0.717) is 0 Å². The summed E-state index contributed by atoms with van der Waals surface area (Å²) in [5, 5.41) is 14.3. The van der Waals surface area contributed by atoms with Crippen molar-refractivity contribution in [2.24, 2.45) is 4.99 Å². The molecule has 1 unspecified atom stereocenters. The zero-order valence-corrected chi connectivity index (χ0v) is 19.2. The van der Waals surface area contributed by atoms with Gasteiger partial charge in [-0.3, -0.25) is 5.32 Å². The molecule has 0 spiro atoms. The maximum absolute atomic E-state index is 4.88. The van der Waals surface area contributed by atoms with Gasteiger partial charge in [-0.05, 0) is 75.9 Å². The molecule has 5 rings (SSSR count). The third-order valence-corrected chi connectivity index (χ3v) is 7.58. The van der Waals surface area contributed by atoms with E-state index in [1.165, 1.54) is 29.7 Å². The molecule has 2 aromatic rings. The van der Waals surface area contributed by atoms with Crippen LogP contribution in [0.2, 0.25) is 0 Å². The number of aliphatic imine (C=N–C) groups is 1. The van der Waals surface area contributed by atoms with Gasteiger partial charge in [-0.25, -0.2) is 4.99 Å². The van der Waals surface area contributed by atoms with E-state index in [4.69, 9.17) is 4.99 Å². The first kappa shape index (κ1) is 19.8. The quantitative estimate of drug-likeness (QED) is 0.697. The molecule has 1 saturated heterocycles. The number of benzene rings is 1. The lowest BCUT2D eigenvalue weighted by atomic mass is 9.97. The Hall–Kier alpha value is -2.09. The molecule has 0 amide bonds. The van der Waals surface area contributed by atoms with Crippen molar-refractivity contribution >= 4 is 33.7 Å². The summed E-state index contributed by atoms with van der Waals surface area (Å²) in [5.41, 5.74) is 4.79. The van der Waals surface area contributed by atoms with Crippen LogP contribution >= 0.6 is 11.3 Å². The van der Waals surface area contributed by atoms with E-state index >= 15 is 0 Å². The number of rotatable bonds is 4. The predicted octanol–water partition coefficient (Wildman–Crippen LogP) is 3.83. The molecule has 3 N–H and O–H groups in total. The van der Waals surface area contributed by atoms with Crippen molar-refractivity contribution in [1.29, 1.82) is 0 Å². The molecule has 160 valence electrons. The van der Waals surface area contributed by atoms with Gasteiger partial charge in [-0.2, -0.15) is 0 Å². The summed E-state index contributed by atoms with van der Waals surface area (Å²) in [6.45, 7) is 11.1. The number of hydrogen-bond donors (Lipinski definition) is 3. The molecular weight excluding hydrogens is 392 g/mol. The first-order valence-corrected chi connectivity index (χ1v) is 11.8. The Bertz CT molecular complexity index is 953. The molecular formula is C23H32N6S. The van der Waals surface area contributed by atoms with Gasteiger partial charge in [0.1, 0.15) is 10.7 Å². The smallest absolute Gasteiger partial charge is 0.203 e. The molecule has 1 aliphatic carbocycles. The lowest BCUT2D eigenvalue weighted by Gasteiger charge is -2.39. The van der Waals surface area contributed by atoms with Gasteiger partial charge in [0.25, 0.3) is 0 Å². The number of nitrogens with one attached hydrogen (secondary N) is 3. The number of thiophene rings is 1. The monoisotopic (exact) mass is 424 g/mol. The Kier molecular flexibility index (Phi) is 4.80. The average molecular weight is 425 g/mol. The molecule has 6 nitrogen and oxygen atoms in total. The highest BCUT2D eigenvalue weighted by Crippen LogP contribution is 2.44. The number of aryl methyl sites for hydroxylation is 1. The van der Waals surface area contributed by atoms with E-state index in [1.54, 1.807) is 11.3 Å². The third kappa shape index (κ3) is 3.82. The standard InChI is InChI=1S/C23H32N6S/c1-16-15-30-20-19(16)23(3,27-22(2)9-10-22)26-21(25-20)24-17-5-7-18(8-6-17)29-13-11-28(4)12-14-29/h5-8,15,27H,9-14H2,1-4H3,(H2,24,25,26). The highest BCUT2D eigenvalue weighted by atomic mass is 32.1. The molecule has 0 bridgehead atoms. The Balaban J connectivity index is 1.34. The number of likely N-dealkylation sites (N-methyl/N-ethyl adjacent to an activating group) is 1. The molecule has 1 saturated carbocycles. The topological polar surface area (TPSA) is 54.9 Å². The van der Waals surface area contributed by atoms with Crippen LogP contribution in [0.1, 0.15) is 37.8 Å². The van der Waals surface area contributed by atoms with Crippen LogP contribution in [0.25, 0.3) is 0 Å². The summed E-state index contributed by atoms with van der Waals surface area (Å²) in [5.74, 6) is 0.802. The fraction of sp³-hybridized carbons (Fsp3) is 0.522. The SMILES string of the molecule is Cc1csc2c1C(C)(NC1(C)CC1)NC(Nc1ccc(N3CCN(C)CC3)cc1)=N2. The zero-order chi connectivity index (χ0) is 20.9. The van der Waals surface area contributed by atoms with Crippen molar-refractivity contribution < 1.29 is 0 Å². The summed E-state index contributed by atoms with van der Waals surface area (Å²) < 4.78 is 0. The summed E-state index contributed by atoms with van der Waals surface area (Å²) in [7, 11) is 2.19. The van der Waals surface area contributed by atoms with Crippen LogP contribution < -0.4 is 20.9 Å². The molecule has 1 aromatic heterocycles. The Morgan fingerprint density at radius 3 is 2.43 bits per heavy atom. The van der Waals surface area contributed by atoms with E-state index in [-0.39, 0.29) is 11.2 Å². The second-order valence-electron chi connectivity index (χ2n) is 9.46. The Morgan fingerprint density at radius 2 is 1.77 bits per heavy atom. The number of hydrogen-bond acceptors (Lipinski definition) is 7. The Morgan fingerprint density at radius 1 is 1.07 bits per heavy atom. The summed E-state index contributed by atoms with van der Waals surface area (Å²) in [6, 6.07) is 8.72. The summed E-state index contributed by atoms with van der Waals surface area (Å²) in [4.78, 5) is 9.72. The number of anilines is 2. The van der Waals surface area contributed by atoms with Gasteiger partial charge in [0.2, 0.25) is 5.96 Å². The zero-order valence-electron chi connectivity index (χ0n) is 18.4. The lowest BCUT2D eigenvalue weighted by Crippen LogP contribution is -2.60. The molecule has 0 radical (unpaired) electrons. The van der Waals surface area contributed by atoms with Crippen LogP contribution in [0.3, 0.4) is 0 Å². The molecule has 2 aliphatic heterocycles. The predicted molar refractivity (Wildman–Crippen MR) is 127 cm³/mol. The fourth-order valence-electron chi connectivity index (χ4n) is 4.58. The van der Waals surface area contributed by atoms with E-state index in [9.17, 15) is 0 Å². The van der Waals surface area contributed by atoms with Gasteiger partial charge < -0.3 is 20.4 Å². The van der Waals surface area contributed by atoms with Crippen LogP contribution in [0, 0.1) is 6.92 Å². The molecule has 1 aromatic carbocycles. The van der Waals surface area contributed by atoms with Gasteiger partial charge in [0.15, 0.2) is 0 Å². The van der Waals surface area contributed by atoms with Gasteiger partial charge in [-0.1, -0.05) is 0 Å². The Labute approximate surface area is 183 Å². The van der Waals surface area contributed by atoms with E-state index in [1.807, 2.05) is 0 Å². The van der Waals surface area contributed by atoms with Gasteiger partial charge in [0.05, 0.1) is 0 Å². The maximum Gasteiger partial charge on any atom is 0.203 e. The third-order valence-electron chi connectivity index (χ3n) is 6.59. The molecule has 3 aliphatic rings. The minimum Gasteiger partial charge on any atom is -0.369 e. The lowest BCUT2D eigenvalue weighted by molar-refractivity contribution is 0.286. The van der Waals surface area contributed by atoms with Crippen LogP contribution in [0.4, 0.5) is 16.4 Å². The summed E-state index contributed by atoms with van der Waals surface area (Å²) in [6.07, 6.45) is 2.44. The molecule has 1 atom stereocenters. The largest absolute Gasteiger partial charge is 0.369 e. The van der Waals surface area contributed by atoms with Crippen LogP contribution in [-0.2, 0) is 5.66 Å². The minimum atomic E-state index is -0.325. The van der Waals surface area contributed by atoms with Gasteiger partial charge >= 0.3 is 0 Å². The first-order chi connectivity index (χ1) is 14.3. The number of fused-ring (bicyclic) bond motifs is 1. The normalized spacial score (nSPS) is 25.3. The molecule has 30 heavy (non-hydrogen) atoms. The highest BCUT2D eigenvalue weighted by molar-refractivity contribution is 7.14. The van der Waals surface area contributed by atoms with E-state index in [2.05, 4.69) is 83.2 Å². The van der Waals surface area contributed by atoms with E-state index in [0.717, 1.165) is 42.8 Å². The highest BCUT2D eigenvalue weighted by Gasteiger charge is 2.46. The number of nitrogens with zero attached hydrogens (tertiary/aromatic N) is 3. The van der Waals surface area contributed by atoms with Crippen molar-refractivity contribution in [2.45, 2.75) is 44.8 Å². The summed E-state index contributed by atoms with van der Waals surface area (Å²) >= 11 is 1.72. The first-order valence-electron chi connectivity index (χ1n) is 10.9. The second kappa shape index (κ2) is 7.25. The van der Waals surface area contributed by atoms with Crippen molar-refractivity contribution in [3.05, 3.63) is 40.8 Å². The van der Waals surface area contributed by atoms with Gasteiger partial charge in [-0.15, -0.1) is 11.3 Å². The van der Waals surface area contributed by atoms with E-state index < -0.39 is 0 Å². The van der Waals surface area contributed by atoms with Crippen molar-refractivity contribution in [3.8, 4) is 0 Å². The average Bonchev–Trinajstić information content (AvgIpc) is 3.29. The minimum absolute atomic E-state index is 0.208. The number of guanidine groups is 1. The maximum atomic E-state index is 4.88.